The fourth-order valence-electron chi connectivity index (χ4n) is 2.78. The zero-order valence-electron chi connectivity index (χ0n) is 15.5. The van der Waals surface area contributed by atoms with Gasteiger partial charge in [-0.1, -0.05) is 32.0 Å². The molecule has 1 aromatic heterocycles. The van der Waals surface area contributed by atoms with E-state index >= 15 is 0 Å². The van der Waals surface area contributed by atoms with Crippen LogP contribution in [0.3, 0.4) is 0 Å². The zero-order chi connectivity index (χ0) is 19.4. The molecule has 2 aromatic carbocycles. The molecule has 3 aromatic rings. The molecule has 27 heavy (non-hydrogen) atoms. The van der Waals surface area contributed by atoms with Crippen molar-refractivity contribution in [1.29, 1.82) is 0 Å². The summed E-state index contributed by atoms with van der Waals surface area (Å²) < 4.78 is 10.9. The standard InChI is InChI=1S/C21H22N2O4/c1-13(2)11-18(24)23-19-16-9-4-5-10-17(16)27-20(19)21(25)22-14-7-6-8-15(12-14)26-3/h4-10,12-13H,11H2,1-3H3,(H,22,25)(H,23,24). The van der Waals surface area contributed by atoms with Gasteiger partial charge in [0, 0.05) is 23.6 Å². The number of hydrogen-bond acceptors (Lipinski definition) is 4. The van der Waals surface area contributed by atoms with Crippen molar-refractivity contribution >= 4 is 34.2 Å². The number of rotatable bonds is 6. The molecule has 0 saturated heterocycles. The SMILES string of the molecule is COc1cccc(NC(=O)c2oc3ccccc3c2NC(=O)CC(C)C)c1. The first-order valence-electron chi connectivity index (χ1n) is 8.74. The predicted octanol–water partition coefficient (Wildman–Crippen LogP) is 4.68. The molecule has 6 heteroatoms. The number of nitrogens with one attached hydrogen (secondary N) is 2. The monoisotopic (exact) mass is 366 g/mol. The van der Waals surface area contributed by atoms with Crippen LogP contribution in [0, 0.1) is 5.92 Å². The minimum Gasteiger partial charge on any atom is -0.497 e. The van der Waals surface area contributed by atoms with Crippen molar-refractivity contribution in [2.24, 2.45) is 5.92 Å². The number of fused-ring (bicyclic) bond motifs is 1. The largest absolute Gasteiger partial charge is 0.497 e. The average Bonchev–Trinajstić information content (AvgIpc) is 3.00. The molecular formula is C21H22N2O4. The molecule has 140 valence electrons. The fraction of sp³-hybridized carbons (Fsp3) is 0.238. The third-order valence-corrected chi connectivity index (χ3v) is 3.99. The lowest BCUT2D eigenvalue weighted by Gasteiger charge is -2.09. The van der Waals surface area contributed by atoms with Crippen LogP contribution in [-0.4, -0.2) is 18.9 Å². The molecule has 6 nitrogen and oxygen atoms in total. The summed E-state index contributed by atoms with van der Waals surface area (Å²) in [5.74, 6) is 0.294. The zero-order valence-corrected chi connectivity index (χ0v) is 15.5. The van der Waals surface area contributed by atoms with Gasteiger partial charge in [-0.3, -0.25) is 9.59 Å². The number of ether oxygens (including phenoxy) is 1. The van der Waals surface area contributed by atoms with E-state index in [4.69, 9.17) is 9.15 Å². The number of methoxy groups -OCH3 is 1. The number of carbonyl (C=O) groups is 2. The fourth-order valence-corrected chi connectivity index (χ4v) is 2.78. The normalized spacial score (nSPS) is 10.8. The summed E-state index contributed by atoms with van der Waals surface area (Å²) in [7, 11) is 1.56. The Balaban J connectivity index is 1.93. The van der Waals surface area contributed by atoms with Crippen molar-refractivity contribution in [3.8, 4) is 5.75 Å². The van der Waals surface area contributed by atoms with Crippen molar-refractivity contribution in [3.63, 3.8) is 0 Å². The molecule has 3 rings (SSSR count). The summed E-state index contributed by atoms with van der Waals surface area (Å²) in [5.41, 5.74) is 1.49. The average molecular weight is 366 g/mol. The van der Waals surface area contributed by atoms with Gasteiger partial charge in [-0.2, -0.15) is 0 Å². The third-order valence-electron chi connectivity index (χ3n) is 3.99. The van der Waals surface area contributed by atoms with Crippen LogP contribution in [0.15, 0.2) is 52.9 Å². The molecule has 0 fully saturated rings. The summed E-state index contributed by atoms with van der Waals surface area (Å²) in [6, 6.07) is 14.2. The molecule has 0 spiro atoms. The van der Waals surface area contributed by atoms with Gasteiger partial charge < -0.3 is 19.8 Å². The highest BCUT2D eigenvalue weighted by Gasteiger charge is 2.22. The number of benzene rings is 2. The number of anilines is 2. The van der Waals surface area contributed by atoms with Crippen LogP contribution >= 0.6 is 0 Å². The highest BCUT2D eigenvalue weighted by molar-refractivity contribution is 6.14. The molecule has 0 aliphatic rings. The number of hydrogen-bond donors (Lipinski definition) is 2. The lowest BCUT2D eigenvalue weighted by molar-refractivity contribution is -0.116. The van der Waals surface area contributed by atoms with Gasteiger partial charge in [-0.05, 0) is 30.2 Å². The maximum Gasteiger partial charge on any atom is 0.293 e. The molecule has 0 atom stereocenters. The van der Waals surface area contributed by atoms with E-state index in [0.717, 1.165) is 0 Å². The highest BCUT2D eigenvalue weighted by Crippen LogP contribution is 2.32. The minimum absolute atomic E-state index is 0.0659. The van der Waals surface area contributed by atoms with Crippen LogP contribution in [0.1, 0.15) is 30.8 Å². The number of amides is 2. The Hall–Kier alpha value is -3.28. The second-order valence-corrected chi connectivity index (χ2v) is 6.63. The highest BCUT2D eigenvalue weighted by atomic mass is 16.5. The molecule has 0 radical (unpaired) electrons. The Kier molecular flexibility index (Phi) is 5.45. The van der Waals surface area contributed by atoms with E-state index in [1.807, 2.05) is 32.0 Å². The first-order valence-corrected chi connectivity index (χ1v) is 8.74. The van der Waals surface area contributed by atoms with Gasteiger partial charge in [0.2, 0.25) is 11.7 Å². The summed E-state index contributed by atoms with van der Waals surface area (Å²) in [6.07, 6.45) is 0.358. The van der Waals surface area contributed by atoms with Crippen LogP contribution in [0.2, 0.25) is 0 Å². The first kappa shape index (κ1) is 18.5. The van der Waals surface area contributed by atoms with Crippen molar-refractivity contribution in [2.75, 3.05) is 17.7 Å². The molecule has 0 unspecified atom stereocenters. The number of carbonyl (C=O) groups excluding carboxylic acids is 2. The Morgan fingerprint density at radius 1 is 1.07 bits per heavy atom. The summed E-state index contributed by atoms with van der Waals surface area (Å²) in [5, 5.41) is 6.31. The van der Waals surface area contributed by atoms with E-state index in [1.165, 1.54) is 0 Å². The van der Waals surface area contributed by atoms with Crippen molar-refractivity contribution in [2.45, 2.75) is 20.3 Å². The van der Waals surface area contributed by atoms with E-state index < -0.39 is 5.91 Å². The van der Waals surface area contributed by atoms with Crippen LogP contribution < -0.4 is 15.4 Å². The molecule has 2 amide bonds. The Morgan fingerprint density at radius 2 is 1.85 bits per heavy atom. The molecule has 0 bridgehead atoms. The molecule has 2 N–H and O–H groups in total. The quantitative estimate of drug-likeness (QED) is 0.664. The van der Waals surface area contributed by atoms with Gasteiger partial charge in [0.15, 0.2) is 0 Å². The van der Waals surface area contributed by atoms with Gasteiger partial charge >= 0.3 is 0 Å². The molecule has 0 aliphatic carbocycles. The molecule has 1 heterocycles. The smallest absolute Gasteiger partial charge is 0.293 e. The van der Waals surface area contributed by atoms with E-state index in [2.05, 4.69) is 10.6 Å². The Morgan fingerprint density at radius 3 is 2.59 bits per heavy atom. The van der Waals surface area contributed by atoms with Crippen LogP contribution in [0.25, 0.3) is 11.0 Å². The first-order chi connectivity index (χ1) is 13.0. The second-order valence-electron chi connectivity index (χ2n) is 6.63. The minimum atomic E-state index is -0.445. The number of para-hydroxylation sites is 1. The molecule has 0 saturated carbocycles. The maximum absolute atomic E-state index is 12.8. The third kappa shape index (κ3) is 4.28. The van der Waals surface area contributed by atoms with Crippen molar-refractivity contribution in [1.82, 2.24) is 0 Å². The lowest BCUT2D eigenvalue weighted by atomic mass is 10.1. The summed E-state index contributed by atoms with van der Waals surface area (Å²) >= 11 is 0. The van der Waals surface area contributed by atoms with Gasteiger partial charge in [0.25, 0.3) is 5.91 Å². The van der Waals surface area contributed by atoms with Crippen LogP contribution in [0.4, 0.5) is 11.4 Å². The van der Waals surface area contributed by atoms with Gasteiger partial charge in [0.05, 0.1) is 7.11 Å². The Labute approximate surface area is 157 Å². The number of furan rings is 1. The van der Waals surface area contributed by atoms with E-state index in [1.54, 1.807) is 37.4 Å². The second kappa shape index (κ2) is 7.95. The van der Waals surface area contributed by atoms with Gasteiger partial charge in [0.1, 0.15) is 17.0 Å². The van der Waals surface area contributed by atoms with Crippen LogP contribution in [-0.2, 0) is 4.79 Å². The van der Waals surface area contributed by atoms with E-state index in [-0.39, 0.29) is 17.6 Å². The maximum atomic E-state index is 12.8. The van der Waals surface area contributed by atoms with Gasteiger partial charge in [-0.15, -0.1) is 0 Å². The predicted molar refractivity (Wildman–Crippen MR) is 105 cm³/mol. The van der Waals surface area contributed by atoms with Crippen molar-refractivity contribution in [3.05, 3.63) is 54.3 Å². The van der Waals surface area contributed by atoms with E-state index in [0.29, 0.717) is 34.5 Å². The van der Waals surface area contributed by atoms with Crippen molar-refractivity contribution < 1.29 is 18.7 Å². The van der Waals surface area contributed by atoms with E-state index in [9.17, 15) is 9.59 Å². The van der Waals surface area contributed by atoms with Crippen LogP contribution in [0.5, 0.6) is 5.75 Å². The summed E-state index contributed by atoms with van der Waals surface area (Å²) in [4.78, 5) is 25.1. The molecular weight excluding hydrogens is 344 g/mol. The summed E-state index contributed by atoms with van der Waals surface area (Å²) in [6.45, 7) is 3.92. The topological polar surface area (TPSA) is 80.6 Å². The van der Waals surface area contributed by atoms with Gasteiger partial charge in [-0.25, -0.2) is 0 Å². The molecule has 0 aliphatic heterocycles. The Bertz CT molecular complexity index is 975. The lowest BCUT2D eigenvalue weighted by Crippen LogP contribution is -2.18.